The lowest BCUT2D eigenvalue weighted by Gasteiger charge is -1.89. The van der Waals surface area contributed by atoms with Crippen molar-refractivity contribution in [2.24, 2.45) is 11.8 Å². The number of hydrogen-bond donors (Lipinski definition) is 1. The van der Waals surface area contributed by atoms with Crippen LogP contribution in [0.5, 0.6) is 0 Å². The van der Waals surface area contributed by atoms with Gasteiger partial charge in [-0.1, -0.05) is 13.0 Å². The molecule has 1 aliphatic carbocycles. The summed E-state index contributed by atoms with van der Waals surface area (Å²) in [5, 5.41) is 8.27. The largest absolute Gasteiger partial charge is 0.478 e. The van der Waals surface area contributed by atoms with E-state index < -0.39 is 10.3 Å². The van der Waals surface area contributed by atoms with Crippen LogP contribution in [0.25, 0.3) is 0 Å². The Morgan fingerprint density at radius 2 is 2.09 bits per heavy atom. The van der Waals surface area contributed by atoms with Crippen LogP contribution < -0.4 is 0 Å². The molecule has 62 valence electrons. The molecule has 0 amide bonds. The van der Waals surface area contributed by atoms with Crippen LogP contribution in [-0.2, 0) is 4.79 Å². The van der Waals surface area contributed by atoms with Gasteiger partial charge in [-0.3, -0.25) is 0 Å². The first-order valence-corrected chi connectivity index (χ1v) is 4.01. The molecular weight excluding hydrogens is 187 g/mol. The van der Waals surface area contributed by atoms with Crippen molar-refractivity contribution in [3.63, 3.8) is 0 Å². The number of alkyl halides is 2. The Kier molecular flexibility index (Phi) is 2.17. The second-order valence-electron chi connectivity index (χ2n) is 2.69. The van der Waals surface area contributed by atoms with Crippen molar-refractivity contribution in [3.8, 4) is 0 Å². The van der Waals surface area contributed by atoms with Gasteiger partial charge in [-0.2, -0.15) is 0 Å². The van der Waals surface area contributed by atoms with Gasteiger partial charge in [0.05, 0.1) is 0 Å². The SMILES string of the molecule is C[C@@H]1[C@@H](C=CC(=O)O)C1(Cl)Cl. The van der Waals surface area contributed by atoms with Gasteiger partial charge in [0, 0.05) is 12.0 Å². The quantitative estimate of drug-likeness (QED) is 0.540. The van der Waals surface area contributed by atoms with Gasteiger partial charge in [0.25, 0.3) is 0 Å². The summed E-state index contributed by atoms with van der Waals surface area (Å²) in [6.07, 6.45) is 2.61. The third kappa shape index (κ3) is 1.68. The van der Waals surface area contributed by atoms with Gasteiger partial charge >= 0.3 is 5.97 Å². The van der Waals surface area contributed by atoms with E-state index >= 15 is 0 Å². The number of rotatable bonds is 2. The Bertz CT molecular complexity index is 210. The average molecular weight is 195 g/mol. The first-order chi connectivity index (χ1) is 4.96. The zero-order valence-corrected chi connectivity index (χ0v) is 7.43. The molecule has 1 fully saturated rings. The molecule has 0 spiro atoms. The fourth-order valence-corrected chi connectivity index (χ4v) is 1.66. The Morgan fingerprint density at radius 3 is 2.36 bits per heavy atom. The van der Waals surface area contributed by atoms with E-state index in [0.29, 0.717) is 0 Å². The molecule has 0 unspecified atom stereocenters. The maximum atomic E-state index is 10.1. The molecule has 0 bridgehead atoms. The summed E-state index contributed by atoms with van der Waals surface area (Å²) in [6.45, 7) is 1.89. The van der Waals surface area contributed by atoms with Crippen molar-refractivity contribution in [3.05, 3.63) is 12.2 Å². The van der Waals surface area contributed by atoms with E-state index in [1.165, 1.54) is 6.08 Å². The first-order valence-electron chi connectivity index (χ1n) is 3.25. The average Bonchev–Trinajstić information content (AvgIpc) is 2.30. The van der Waals surface area contributed by atoms with Crippen LogP contribution in [-0.4, -0.2) is 15.4 Å². The number of halogens is 2. The van der Waals surface area contributed by atoms with Gasteiger partial charge in [-0.25, -0.2) is 4.79 Å². The van der Waals surface area contributed by atoms with E-state index in [1.807, 2.05) is 6.92 Å². The number of hydrogen-bond acceptors (Lipinski definition) is 1. The van der Waals surface area contributed by atoms with E-state index in [2.05, 4.69) is 0 Å². The smallest absolute Gasteiger partial charge is 0.327 e. The van der Waals surface area contributed by atoms with E-state index in [1.54, 1.807) is 0 Å². The van der Waals surface area contributed by atoms with Crippen LogP contribution in [0.3, 0.4) is 0 Å². The van der Waals surface area contributed by atoms with Crippen LogP contribution in [0.15, 0.2) is 12.2 Å². The Balaban J connectivity index is 2.50. The van der Waals surface area contributed by atoms with Crippen LogP contribution >= 0.6 is 23.2 Å². The number of carboxylic acids is 1. The molecule has 2 nitrogen and oxygen atoms in total. The van der Waals surface area contributed by atoms with E-state index in [0.717, 1.165) is 6.08 Å². The summed E-state index contributed by atoms with van der Waals surface area (Å²) in [4.78, 5) is 10.1. The van der Waals surface area contributed by atoms with Crippen LogP contribution in [0.4, 0.5) is 0 Å². The van der Waals surface area contributed by atoms with Gasteiger partial charge in [0.1, 0.15) is 4.33 Å². The summed E-state index contributed by atoms with van der Waals surface area (Å²) in [5.74, 6) is -0.823. The van der Waals surface area contributed by atoms with E-state index in [-0.39, 0.29) is 11.8 Å². The highest BCUT2D eigenvalue weighted by molar-refractivity contribution is 6.51. The van der Waals surface area contributed by atoms with Gasteiger partial charge in [0.15, 0.2) is 0 Å². The molecule has 0 aromatic rings. The minimum atomic E-state index is -0.965. The second kappa shape index (κ2) is 2.68. The molecular formula is C7H8Cl2O2. The minimum Gasteiger partial charge on any atom is -0.478 e. The molecule has 2 atom stereocenters. The first kappa shape index (κ1) is 8.88. The van der Waals surface area contributed by atoms with Gasteiger partial charge < -0.3 is 5.11 Å². The lowest BCUT2D eigenvalue weighted by Crippen LogP contribution is -1.90. The van der Waals surface area contributed by atoms with Gasteiger partial charge in [-0.15, -0.1) is 23.2 Å². The van der Waals surface area contributed by atoms with Crippen molar-refractivity contribution in [1.82, 2.24) is 0 Å². The lowest BCUT2D eigenvalue weighted by atomic mass is 10.3. The zero-order valence-electron chi connectivity index (χ0n) is 5.92. The fraction of sp³-hybridized carbons (Fsp3) is 0.571. The molecule has 1 aliphatic rings. The van der Waals surface area contributed by atoms with Crippen molar-refractivity contribution < 1.29 is 9.90 Å². The predicted octanol–water partition coefficient (Wildman–Crippen LogP) is 2.07. The highest BCUT2D eigenvalue weighted by Crippen LogP contribution is 2.59. The zero-order chi connectivity index (χ0) is 8.65. The molecule has 0 aromatic carbocycles. The number of carboxylic acid groups (broad SMARTS) is 1. The normalized spacial score (nSPS) is 34.1. The van der Waals surface area contributed by atoms with Crippen molar-refractivity contribution >= 4 is 29.2 Å². The summed E-state index contributed by atoms with van der Waals surface area (Å²) < 4.78 is -0.744. The molecule has 1 rings (SSSR count). The molecule has 0 saturated heterocycles. The second-order valence-corrected chi connectivity index (χ2v) is 4.13. The van der Waals surface area contributed by atoms with Crippen LogP contribution in [0.1, 0.15) is 6.92 Å². The Hall–Kier alpha value is -0.210. The summed E-state index contributed by atoms with van der Waals surface area (Å²) >= 11 is 11.5. The third-order valence-electron chi connectivity index (χ3n) is 1.93. The van der Waals surface area contributed by atoms with E-state index in [4.69, 9.17) is 28.3 Å². The van der Waals surface area contributed by atoms with E-state index in [9.17, 15) is 4.79 Å². The lowest BCUT2D eigenvalue weighted by molar-refractivity contribution is -0.131. The van der Waals surface area contributed by atoms with Crippen molar-refractivity contribution in [1.29, 1.82) is 0 Å². The number of aliphatic carboxylic acids is 1. The standard InChI is InChI=1S/C7H8Cl2O2/c1-4-5(7(4,8)9)2-3-6(10)11/h2-5H,1H3,(H,10,11)/t4-,5-/m1/s1. The number of carbonyl (C=O) groups is 1. The Labute approximate surface area is 74.8 Å². The third-order valence-corrected chi connectivity index (χ3v) is 3.12. The molecule has 1 N–H and O–H groups in total. The summed E-state index contributed by atoms with van der Waals surface area (Å²) in [5.41, 5.74) is 0. The molecule has 11 heavy (non-hydrogen) atoms. The van der Waals surface area contributed by atoms with Crippen molar-refractivity contribution in [2.75, 3.05) is 0 Å². The maximum absolute atomic E-state index is 10.1. The fourth-order valence-electron chi connectivity index (χ4n) is 0.991. The highest BCUT2D eigenvalue weighted by atomic mass is 35.5. The summed E-state index contributed by atoms with van der Waals surface area (Å²) in [6, 6.07) is 0. The topological polar surface area (TPSA) is 37.3 Å². The minimum absolute atomic E-state index is 0.0121. The summed E-state index contributed by atoms with van der Waals surface area (Å²) in [7, 11) is 0. The molecule has 0 radical (unpaired) electrons. The molecule has 0 aliphatic heterocycles. The molecule has 1 saturated carbocycles. The van der Waals surface area contributed by atoms with Crippen LogP contribution in [0.2, 0.25) is 0 Å². The number of allylic oxidation sites excluding steroid dienone is 1. The highest BCUT2D eigenvalue weighted by Gasteiger charge is 2.58. The molecule has 0 heterocycles. The Morgan fingerprint density at radius 1 is 1.64 bits per heavy atom. The molecule has 0 aromatic heterocycles. The van der Waals surface area contributed by atoms with Gasteiger partial charge in [0.2, 0.25) is 0 Å². The predicted molar refractivity (Wildman–Crippen MR) is 43.9 cm³/mol. The monoisotopic (exact) mass is 194 g/mol. The van der Waals surface area contributed by atoms with Gasteiger partial charge in [-0.05, 0) is 5.92 Å². The maximum Gasteiger partial charge on any atom is 0.327 e. The van der Waals surface area contributed by atoms with Crippen LogP contribution in [0, 0.1) is 11.8 Å². The molecule has 4 heteroatoms. The van der Waals surface area contributed by atoms with Crippen molar-refractivity contribution in [2.45, 2.75) is 11.3 Å².